The summed E-state index contributed by atoms with van der Waals surface area (Å²) in [7, 11) is 2.13. The molecule has 3 rings (SSSR count). The van der Waals surface area contributed by atoms with E-state index in [1.54, 1.807) is 0 Å². The topological polar surface area (TPSA) is 49.8 Å². The second-order valence-corrected chi connectivity index (χ2v) is 6.76. The first-order valence-electron chi connectivity index (χ1n) is 8.29. The molecule has 1 aromatic carbocycles. The zero-order valence-electron chi connectivity index (χ0n) is 13.2. The van der Waals surface area contributed by atoms with E-state index in [0.29, 0.717) is 5.92 Å². The third-order valence-corrected chi connectivity index (χ3v) is 4.78. The highest BCUT2D eigenvalue weighted by Crippen LogP contribution is 2.44. The highest BCUT2D eigenvalue weighted by molar-refractivity contribution is 5.68. The van der Waals surface area contributed by atoms with Gasteiger partial charge in [0.05, 0.1) is 6.42 Å². The number of likely N-dealkylation sites (N-methyl/N-ethyl adjacent to an activating group) is 1. The molecule has 1 N–H and O–H groups in total. The van der Waals surface area contributed by atoms with Gasteiger partial charge in [0.2, 0.25) is 0 Å². The van der Waals surface area contributed by atoms with Crippen molar-refractivity contribution < 1.29 is 14.6 Å². The molecular formula is C18H25NO3. The standard InChI is InChI=1S/C18H25NO3/c1-19-10-2-3-16(12-19)22-15-8-6-14(7-9-15)17(11-18(20)21)13-4-5-13/h6-9,13,16-17H,2-5,10-12H2,1H3,(H,20,21). The summed E-state index contributed by atoms with van der Waals surface area (Å²) in [6.07, 6.45) is 5.10. The first kappa shape index (κ1) is 15.3. The van der Waals surface area contributed by atoms with E-state index in [1.165, 1.54) is 6.42 Å². The third-order valence-electron chi connectivity index (χ3n) is 4.78. The van der Waals surface area contributed by atoms with Crippen molar-refractivity contribution in [3.63, 3.8) is 0 Å². The molecule has 1 saturated heterocycles. The molecule has 1 aliphatic heterocycles. The van der Waals surface area contributed by atoms with E-state index in [2.05, 4.69) is 11.9 Å². The second kappa shape index (κ2) is 6.69. The highest BCUT2D eigenvalue weighted by atomic mass is 16.5. The van der Waals surface area contributed by atoms with Crippen molar-refractivity contribution in [2.75, 3.05) is 20.1 Å². The molecule has 0 spiro atoms. The Morgan fingerprint density at radius 1 is 1.32 bits per heavy atom. The molecule has 4 nitrogen and oxygen atoms in total. The molecule has 4 heteroatoms. The molecule has 0 radical (unpaired) electrons. The van der Waals surface area contributed by atoms with Gasteiger partial charge in [0.25, 0.3) is 0 Å². The SMILES string of the molecule is CN1CCCC(Oc2ccc(C(CC(=O)O)C3CC3)cc2)C1. The van der Waals surface area contributed by atoms with Gasteiger partial charge in [0.1, 0.15) is 11.9 Å². The van der Waals surface area contributed by atoms with Crippen LogP contribution in [0.1, 0.15) is 43.6 Å². The van der Waals surface area contributed by atoms with E-state index in [4.69, 9.17) is 9.84 Å². The fraction of sp³-hybridized carbons (Fsp3) is 0.611. The van der Waals surface area contributed by atoms with Crippen molar-refractivity contribution in [2.45, 2.75) is 44.1 Å². The monoisotopic (exact) mass is 303 g/mol. The smallest absolute Gasteiger partial charge is 0.303 e. The Hall–Kier alpha value is -1.55. The zero-order chi connectivity index (χ0) is 15.5. The summed E-state index contributed by atoms with van der Waals surface area (Å²) in [5.41, 5.74) is 1.14. The Morgan fingerprint density at radius 3 is 2.64 bits per heavy atom. The minimum absolute atomic E-state index is 0.160. The van der Waals surface area contributed by atoms with Gasteiger partial charge in [-0.3, -0.25) is 4.79 Å². The third kappa shape index (κ3) is 4.01. The summed E-state index contributed by atoms with van der Waals surface area (Å²) < 4.78 is 6.06. The largest absolute Gasteiger partial charge is 0.489 e. The lowest BCUT2D eigenvalue weighted by molar-refractivity contribution is -0.137. The molecule has 0 aromatic heterocycles. The first-order valence-corrected chi connectivity index (χ1v) is 8.29. The molecule has 120 valence electrons. The van der Waals surface area contributed by atoms with Crippen LogP contribution in [0.5, 0.6) is 5.75 Å². The van der Waals surface area contributed by atoms with Crippen molar-refractivity contribution in [3.05, 3.63) is 29.8 Å². The van der Waals surface area contributed by atoms with Crippen LogP contribution in [0.15, 0.2) is 24.3 Å². The minimum Gasteiger partial charge on any atom is -0.489 e. The van der Waals surface area contributed by atoms with Crippen LogP contribution in [0.25, 0.3) is 0 Å². The van der Waals surface area contributed by atoms with Crippen LogP contribution < -0.4 is 4.74 Å². The number of ether oxygens (including phenoxy) is 1. The number of aliphatic carboxylic acids is 1. The van der Waals surface area contributed by atoms with E-state index in [0.717, 1.165) is 43.7 Å². The van der Waals surface area contributed by atoms with Crippen molar-refractivity contribution in [2.24, 2.45) is 5.92 Å². The van der Waals surface area contributed by atoms with Crippen LogP contribution in [0, 0.1) is 5.92 Å². The van der Waals surface area contributed by atoms with E-state index in [-0.39, 0.29) is 18.4 Å². The summed E-state index contributed by atoms with van der Waals surface area (Å²) in [5.74, 6) is 0.901. The zero-order valence-corrected chi connectivity index (χ0v) is 13.2. The molecular weight excluding hydrogens is 278 g/mol. The van der Waals surface area contributed by atoms with Crippen molar-refractivity contribution in [3.8, 4) is 5.75 Å². The van der Waals surface area contributed by atoms with Crippen LogP contribution in [0.2, 0.25) is 0 Å². The van der Waals surface area contributed by atoms with Gasteiger partial charge in [-0.05, 0) is 68.8 Å². The maximum absolute atomic E-state index is 11.0. The number of carbonyl (C=O) groups is 1. The van der Waals surface area contributed by atoms with Crippen LogP contribution in [0.4, 0.5) is 0 Å². The molecule has 2 aliphatic rings. The van der Waals surface area contributed by atoms with Crippen LogP contribution in [0.3, 0.4) is 0 Å². The molecule has 1 aliphatic carbocycles. The number of carboxylic acids is 1. The number of rotatable bonds is 6. The number of likely N-dealkylation sites (tertiary alicyclic amines) is 1. The minimum atomic E-state index is -0.706. The number of carboxylic acid groups (broad SMARTS) is 1. The van der Waals surface area contributed by atoms with Gasteiger partial charge >= 0.3 is 5.97 Å². The molecule has 22 heavy (non-hydrogen) atoms. The average Bonchev–Trinajstić information content (AvgIpc) is 3.30. The number of hydrogen-bond acceptors (Lipinski definition) is 3. The summed E-state index contributed by atoms with van der Waals surface area (Å²) in [6, 6.07) is 8.10. The van der Waals surface area contributed by atoms with Gasteiger partial charge in [-0.15, -0.1) is 0 Å². The predicted molar refractivity (Wildman–Crippen MR) is 85.3 cm³/mol. The molecule has 1 heterocycles. The lowest BCUT2D eigenvalue weighted by atomic mass is 9.91. The number of benzene rings is 1. The van der Waals surface area contributed by atoms with Crippen molar-refractivity contribution in [1.29, 1.82) is 0 Å². The molecule has 1 saturated carbocycles. The Morgan fingerprint density at radius 2 is 2.05 bits per heavy atom. The highest BCUT2D eigenvalue weighted by Gasteiger charge is 2.33. The number of piperidine rings is 1. The van der Waals surface area contributed by atoms with Gasteiger partial charge < -0.3 is 14.7 Å². The predicted octanol–water partition coefficient (Wildman–Crippen LogP) is 3.13. The van der Waals surface area contributed by atoms with Crippen molar-refractivity contribution >= 4 is 5.97 Å². The quantitative estimate of drug-likeness (QED) is 0.877. The van der Waals surface area contributed by atoms with Gasteiger partial charge in [-0.1, -0.05) is 12.1 Å². The lowest BCUT2D eigenvalue weighted by Crippen LogP contribution is -2.38. The molecule has 0 bridgehead atoms. The summed E-state index contributed by atoms with van der Waals surface area (Å²) in [6.45, 7) is 2.13. The van der Waals surface area contributed by atoms with Gasteiger partial charge in [-0.2, -0.15) is 0 Å². The second-order valence-electron chi connectivity index (χ2n) is 6.76. The molecule has 1 aromatic rings. The maximum atomic E-state index is 11.0. The van der Waals surface area contributed by atoms with Gasteiger partial charge in [0, 0.05) is 6.54 Å². The maximum Gasteiger partial charge on any atom is 0.303 e. The molecule has 2 unspecified atom stereocenters. The Bertz CT molecular complexity index is 510. The fourth-order valence-corrected chi connectivity index (χ4v) is 3.44. The van der Waals surface area contributed by atoms with Crippen LogP contribution >= 0.6 is 0 Å². The van der Waals surface area contributed by atoms with Crippen molar-refractivity contribution in [1.82, 2.24) is 4.90 Å². The summed E-state index contributed by atoms with van der Waals surface area (Å²) in [5, 5.41) is 9.09. The van der Waals surface area contributed by atoms with Gasteiger partial charge in [0.15, 0.2) is 0 Å². The van der Waals surface area contributed by atoms with E-state index in [9.17, 15) is 4.79 Å². The van der Waals surface area contributed by atoms with E-state index in [1.807, 2.05) is 24.3 Å². The van der Waals surface area contributed by atoms with E-state index < -0.39 is 5.97 Å². The first-order chi connectivity index (χ1) is 10.6. The Kier molecular flexibility index (Phi) is 4.67. The van der Waals surface area contributed by atoms with E-state index >= 15 is 0 Å². The Labute approximate surface area is 132 Å². The van der Waals surface area contributed by atoms with Crippen LogP contribution in [-0.2, 0) is 4.79 Å². The average molecular weight is 303 g/mol. The fourth-order valence-electron chi connectivity index (χ4n) is 3.44. The lowest BCUT2D eigenvalue weighted by Gasteiger charge is -2.30. The summed E-state index contributed by atoms with van der Waals surface area (Å²) >= 11 is 0. The number of nitrogens with zero attached hydrogens (tertiary/aromatic N) is 1. The molecule has 2 atom stereocenters. The normalized spacial score (nSPS) is 24.0. The number of hydrogen-bond donors (Lipinski definition) is 1. The van der Waals surface area contributed by atoms with Crippen LogP contribution in [-0.4, -0.2) is 42.2 Å². The summed E-state index contributed by atoms with van der Waals surface area (Å²) in [4.78, 5) is 13.4. The van der Waals surface area contributed by atoms with Gasteiger partial charge in [-0.25, -0.2) is 0 Å². The Balaban J connectivity index is 1.62. The molecule has 0 amide bonds. The molecule has 2 fully saturated rings.